The first kappa shape index (κ1) is 27.4. The maximum atomic E-state index is 13.7. The minimum absolute atomic E-state index is 0.0325. The molecule has 0 unspecified atom stereocenters. The molecule has 6 heteroatoms. The predicted molar refractivity (Wildman–Crippen MR) is 132 cm³/mol. The minimum Gasteiger partial charge on any atom is -0.491 e. The van der Waals surface area contributed by atoms with Crippen molar-refractivity contribution in [2.45, 2.75) is 117 Å². The van der Waals surface area contributed by atoms with Crippen molar-refractivity contribution in [2.75, 3.05) is 13.1 Å². The van der Waals surface area contributed by atoms with Crippen molar-refractivity contribution >= 4 is 6.09 Å². The molecule has 0 atom stereocenters. The Balaban J connectivity index is 0.00000187. The lowest BCUT2D eigenvalue weighted by molar-refractivity contribution is 0.0469. The highest BCUT2D eigenvalue weighted by molar-refractivity contribution is 5.68. The summed E-state index contributed by atoms with van der Waals surface area (Å²) in [7, 11) is 0. The van der Waals surface area contributed by atoms with E-state index in [-0.39, 0.29) is 24.1 Å². The van der Waals surface area contributed by atoms with Crippen LogP contribution in [0.1, 0.15) is 98.5 Å². The molecule has 188 valence electrons. The van der Waals surface area contributed by atoms with Crippen molar-refractivity contribution in [3.8, 4) is 5.75 Å². The number of carbonyl (C=O) groups excluding carboxylic acids is 1. The monoisotopic (exact) mass is 464 g/mol. The maximum Gasteiger partial charge on any atom is 0.407 e. The van der Waals surface area contributed by atoms with E-state index in [4.69, 9.17) is 9.47 Å². The number of likely N-dealkylation sites (tertiary alicyclic amines) is 1. The molecule has 0 aromatic heterocycles. The second kappa shape index (κ2) is 12.6. The average Bonchev–Trinajstić information content (AvgIpc) is 2.74. The minimum atomic E-state index is -0.462. The van der Waals surface area contributed by atoms with E-state index in [2.05, 4.69) is 10.2 Å². The van der Waals surface area contributed by atoms with Gasteiger partial charge in [0.25, 0.3) is 0 Å². The number of nitrogens with zero attached hydrogens (tertiary/aromatic N) is 1. The second-order valence-electron chi connectivity index (χ2n) is 10.3. The Morgan fingerprint density at radius 2 is 1.67 bits per heavy atom. The van der Waals surface area contributed by atoms with Gasteiger partial charge in [0.2, 0.25) is 0 Å². The number of amides is 1. The second-order valence-corrected chi connectivity index (χ2v) is 10.3. The first-order valence-corrected chi connectivity index (χ1v) is 12.8. The van der Waals surface area contributed by atoms with Gasteiger partial charge in [-0.25, -0.2) is 9.18 Å². The highest BCUT2D eigenvalue weighted by atomic mass is 19.1. The number of alkyl carbamates (subject to hydrolysis) is 1. The van der Waals surface area contributed by atoms with Crippen LogP contribution in [0, 0.1) is 5.82 Å². The summed E-state index contributed by atoms with van der Waals surface area (Å²) in [4.78, 5) is 14.6. The third-order valence-electron chi connectivity index (χ3n) is 6.24. The summed E-state index contributed by atoms with van der Waals surface area (Å²) >= 11 is 0. The fraction of sp³-hybridized carbons (Fsp3) is 0.741. The van der Waals surface area contributed by atoms with Gasteiger partial charge in [-0.15, -0.1) is 0 Å². The van der Waals surface area contributed by atoms with Crippen LogP contribution in [0.3, 0.4) is 0 Å². The van der Waals surface area contributed by atoms with Crippen LogP contribution < -0.4 is 10.1 Å². The van der Waals surface area contributed by atoms with Crippen LogP contribution in [0.2, 0.25) is 0 Å². The largest absolute Gasteiger partial charge is 0.491 e. The lowest BCUT2D eigenvalue weighted by Crippen LogP contribution is -2.47. The number of benzene rings is 1. The summed E-state index contributed by atoms with van der Waals surface area (Å²) in [5.74, 6) is 0.867. The van der Waals surface area contributed by atoms with E-state index < -0.39 is 5.60 Å². The molecule has 1 aromatic rings. The topological polar surface area (TPSA) is 50.8 Å². The lowest BCUT2D eigenvalue weighted by atomic mass is 9.85. The number of hydrogen-bond donors (Lipinski definition) is 1. The molecule has 0 spiro atoms. The highest BCUT2D eigenvalue weighted by Crippen LogP contribution is 2.37. The van der Waals surface area contributed by atoms with Gasteiger partial charge < -0.3 is 19.7 Å². The molecule has 1 saturated heterocycles. The molecule has 2 aliphatic rings. The SMILES string of the molecule is CC.CC(C)Oc1cc(F)ccc1C1CCN(C2CCC(NC(=O)OC(C)(C)C)CC2)CC1. The van der Waals surface area contributed by atoms with Crippen molar-refractivity contribution < 1.29 is 18.7 Å². The molecular formula is C27H45FN2O3. The quantitative estimate of drug-likeness (QED) is 0.530. The summed E-state index contributed by atoms with van der Waals surface area (Å²) in [6, 6.07) is 5.77. The van der Waals surface area contributed by atoms with Crippen molar-refractivity contribution in [2.24, 2.45) is 0 Å². The van der Waals surface area contributed by atoms with E-state index in [0.717, 1.165) is 57.2 Å². The van der Waals surface area contributed by atoms with E-state index in [1.165, 1.54) is 6.07 Å². The fourth-order valence-electron chi connectivity index (χ4n) is 4.84. The summed E-state index contributed by atoms with van der Waals surface area (Å²) < 4.78 is 25.0. The Labute approximate surface area is 200 Å². The molecule has 1 saturated carbocycles. The zero-order chi connectivity index (χ0) is 24.6. The van der Waals surface area contributed by atoms with Gasteiger partial charge >= 0.3 is 6.09 Å². The van der Waals surface area contributed by atoms with Crippen molar-refractivity contribution in [1.82, 2.24) is 10.2 Å². The molecule has 3 rings (SSSR count). The Hall–Kier alpha value is -1.82. The maximum absolute atomic E-state index is 13.7. The van der Waals surface area contributed by atoms with E-state index >= 15 is 0 Å². The summed E-state index contributed by atoms with van der Waals surface area (Å²) in [6.45, 7) is 15.7. The van der Waals surface area contributed by atoms with Gasteiger partial charge in [-0.1, -0.05) is 19.9 Å². The predicted octanol–water partition coefficient (Wildman–Crippen LogP) is 6.65. The molecule has 1 amide bonds. The summed E-state index contributed by atoms with van der Waals surface area (Å²) in [6.07, 6.45) is 6.04. The van der Waals surface area contributed by atoms with Crippen LogP contribution in [-0.2, 0) is 4.74 Å². The summed E-state index contributed by atoms with van der Waals surface area (Å²) in [5.41, 5.74) is 0.677. The number of rotatable bonds is 5. The van der Waals surface area contributed by atoms with Gasteiger partial charge in [0.05, 0.1) is 6.10 Å². The van der Waals surface area contributed by atoms with Crippen molar-refractivity contribution in [3.63, 3.8) is 0 Å². The zero-order valence-corrected chi connectivity index (χ0v) is 21.7. The van der Waals surface area contributed by atoms with Crippen molar-refractivity contribution in [1.29, 1.82) is 0 Å². The number of piperidine rings is 1. The number of nitrogens with one attached hydrogen (secondary N) is 1. The molecule has 0 radical (unpaired) electrons. The van der Waals surface area contributed by atoms with E-state index in [0.29, 0.717) is 17.7 Å². The molecule has 1 N–H and O–H groups in total. The number of carbonyl (C=O) groups is 1. The first-order chi connectivity index (χ1) is 15.6. The standard InChI is InChI=1S/C25H39FN2O3.C2H6/c1-17(2)30-23-16-19(26)6-11-22(23)18-12-14-28(15-13-18)21-9-7-20(8-10-21)27-24(29)31-25(3,4)5;1-2/h6,11,16-18,20-21H,7-10,12-15H2,1-5H3,(H,27,29);1-2H3. The van der Waals surface area contributed by atoms with Crippen LogP contribution >= 0.6 is 0 Å². The van der Waals surface area contributed by atoms with E-state index in [9.17, 15) is 9.18 Å². The first-order valence-electron chi connectivity index (χ1n) is 12.8. The number of hydrogen-bond acceptors (Lipinski definition) is 4. The Morgan fingerprint density at radius 3 is 2.21 bits per heavy atom. The van der Waals surface area contributed by atoms with Crippen LogP contribution in [-0.4, -0.2) is 47.9 Å². The normalized spacial score (nSPS) is 22.3. The third-order valence-corrected chi connectivity index (χ3v) is 6.24. The van der Waals surface area contributed by atoms with Crippen LogP contribution in [0.5, 0.6) is 5.75 Å². The van der Waals surface area contributed by atoms with Gasteiger partial charge in [0, 0.05) is 18.2 Å². The molecule has 33 heavy (non-hydrogen) atoms. The average molecular weight is 465 g/mol. The van der Waals surface area contributed by atoms with Crippen molar-refractivity contribution in [3.05, 3.63) is 29.6 Å². The smallest absolute Gasteiger partial charge is 0.407 e. The van der Waals surface area contributed by atoms with Gasteiger partial charge in [0.15, 0.2) is 0 Å². The van der Waals surface area contributed by atoms with Crippen LogP contribution in [0.4, 0.5) is 9.18 Å². The summed E-state index contributed by atoms with van der Waals surface area (Å²) in [5, 5.41) is 3.03. The molecular weight excluding hydrogens is 419 g/mol. The zero-order valence-electron chi connectivity index (χ0n) is 21.7. The van der Waals surface area contributed by atoms with Gasteiger partial charge in [-0.3, -0.25) is 0 Å². The highest BCUT2D eigenvalue weighted by Gasteiger charge is 2.31. The van der Waals surface area contributed by atoms with E-state index in [1.54, 1.807) is 6.07 Å². The Morgan fingerprint density at radius 1 is 1.06 bits per heavy atom. The molecule has 1 heterocycles. The number of halogens is 1. The van der Waals surface area contributed by atoms with Crippen LogP contribution in [0.25, 0.3) is 0 Å². The van der Waals surface area contributed by atoms with Gasteiger partial charge in [-0.05, 0) is 104 Å². The third kappa shape index (κ3) is 8.80. The molecule has 2 fully saturated rings. The molecule has 5 nitrogen and oxygen atoms in total. The Bertz CT molecular complexity index is 731. The molecule has 1 aliphatic carbocycles. The number of ether oxygens (including phenoxy) is 2. The van der Waals surface area contributed by atoms with E-state index in [1.807, 2.05) is 54.5 Å². The molecule has 0 bridgehead atoms. The Kier molecular flexibility index (Phi) is 10.5. The molecule has 1 aliphatic heterocycles. The fourth-order valence-corrected chi connectivity index (χ4v) is 4.84. The van der Waals surface area contributed by atoms with Gasteiger partial charge in [-0.2, -0.15) is 0 Å². The lowest BCUT2D eigenvalue weighted by Gasteiger charge is -2.41. The van der Waals surface area contributed by atoms with Gasteiger partial charge in [0.1, 0.15) is 17.2 Å². The molecule has 1 aromatic carbocycles. The van der Waals surface area contributed by atoms with Crippen LogP contribution in [0.15, 0.2) is 18.2 Å².